The Labute approximate surface area is 278 Å². The molecule has 2 bridgehead atoms. The van der Waals surface area contributed by atoms with Crippen LogP contribution in [0.3, 0.4) is 0 Å². The molecule has 48 heavy (non-hydrogen) atoms. The maximum absolute atomic E-state index is 12.5. The van der Waals surface area contributed by atoms with Crippen LogP contribution in [0.4, 0.5) is 11.8 Å². The predicted molar refractivity (Wildman–Crippen MR) is 181 cm³/mol. The number of anilines is 2. The number of hydrogen-bond acceptors (Lipinski definition) is 12. The Morgan fingerprint density at radius 2 is 1.85 bits per heavy atom. The van der Waals surface area contributed by atoms with Crippen molar-refractivity contribution < 1.29 is 19.0 Å². The minimum absolute atomic E-state index is 0.196. The number of fused-ring (bicyclic) bond motifs is 4. The first-order valence-electron chi connectivity index (χ1n) is 16.4. The maximum atomic E-state index is 12.5. The third-order valence-electron chi connectivity index (χ3n) is 10.3. The van der Waals surface area contributed by atoms with E-state index in [-0.39, 0.29) is 18.1 Å². The molecule has 3 fully saturated rings. The van der Waals surface area contributed by atoms with E-state index < -0.39 is 5.54 Å². The van der Waals surface area contributed by atoms with Crippen molar-refractivity contribution in [1.29, 1.82) is 0 Å². The van der Waals surface area contributed by atoms with Crippen LogP contribution < -0.4 is 14.5 Å². The van der Waals surface area contributed by atoms with Gasteiger partial charge in [-0.2, -0.15) is 5.10 Å². The first-order valence-corrected chi connectivity index (χ1v) is 16.4. The number of pyridine rings is 3. The Balaban J connectivity index is 1.23. The second-order valence-electron chi connectivity index (χ2n) is 13.3. The van der Waals surface area contributed by atoms with Crippen molar-refractivity contribution in [3.8, 4) is 22.8 Å². The van der Waals surface area contributed by atoms with Gasteiger partial charge < -0.3 is 28.6 Å². The number of carbonyl (C=O) groups excluding carboxylic acids is 1. The molecule has 2 atom stereocenters. The molecule has 250 valence electrons. The standard InChI is InChI=1S/C34H40N10O4/c1-20-23-17-36-44(26(23)14-25(37-20)24-16-35-8-7-28(24)46-5)29-15-27-30(31(38-29)43-18-22-13-21(43)19-48-22)39-33(40(27)4)41-9-11-42(12-10-41)34(2,3)32(45)47-6/h7-8,14-17,21-22H,9-13,18-19H2,1-6H3/t21-,22-/m1/s1. The summed E-state index contributed by atoms with van der Waals surface area (Å²) in [5.41, 5.74) is 4.43. The molecule has 14 heteroatoms. The lowest BCUT2D eigenvalue weighted by molar-refractivity contribution is -0.153. The van der Waals surface area contributed by atoms with E-state index in [1.807, 2.05) is 43.8 Å². The number of aryl methyl sites for hydroxylation is 2. The molecule has 8 rings (SSSR count). The molecule has 3 saturated heterocycles. The van der Waals surface area contributed by atoms with Crippen molar-refractivity contribution in [2.24, 2.45) is 7.05 Å². The molecule has 0 radical (unpaired) electrons. The molecule has 0 aromatic carbocycles. The van der Waals surface area contributed by atoms with E-state index in [1.54, 1.807) is 19.5 Å². The largest absolute Gasteiger partial charge is 0.496 e. The Kier molecular flexibility index (Phi) is 7.25. The molecule has 0 amide bonds. The van der Waals surface area contributed by atoms with Gasteiger partial charge in [-0.25, -0.2) is 14.6 Å². The summed E-state index contributed by atoms with van der Waals surface area (Å²) in [6.45, 7) is 10.2. The van der Waals surface area contributed by atoms with Crippen LogP contribution in [0.2, 0.25) is 0 Å². The van der Waals surface area contributed by atoms with Crippen LogP contribution in [0.25, 0.3) is 39.0 Å². The van der Waals surface area contributed by atoms with Crippen molar-refractivity contribution in [3.05, 3.63) is 42.5 Å². The highest BCUT2D eigenvalue weighted by Crippen LogP contribution is 2.38. The number of piperazine rings is 1. The lowest BCUT2D eigenvalue weighted by atomic mass is 10.0. The maximum Gasteiger partial charge on any atom is 0.325 e. The third kappa shape index (κ3) is 4.76. The molecule has 0 N–H and O–H groups in total. The number of nitrogens with zero attached hydrogens (tertiary/aromatic N) is 10. The second kappa shape index (κ2) is 11.4. The third-order valence-corrected chi connectivity index (χ3v) is 10.3. The minimum Gasteiger partial charge on any atom is -0.496 e. The second-order valence-corrected chi connectivity index (χ2v) is 13.3. The number of ether oxygens (including phenoxy) is 3. The first-order chi connectivity index (χ1) is 23.2. The summed E-state index contributed by atoms with van der Waals surface area (Å²) in [5.74, 6) is 2.89. The number of imidazole rings is 1. The molecule has 5 aromatic rings. The minimum atomic E-state index is -0.696. The summed E-state index contributed by atoms with van der Waals surface area (Å²) in [6.07, 6.45) is 6.51. The lowest BCUT2D eigenvalue weighted by Crippen LogP contribution is -2.58. The van der Waals surface area contributed by atoms with Gasteiger partial charge in [0.05, 0.1) is 61.5 Å². The first kappa shape index (κ1) is 30.5. The Morgan fingerprint density at radius 1 is 1.04 bits per heavy atom. The van der Waals surface area contributed by atoms with Gasteiger partial charge in [-0.05, 0) is 39.3 Å². The quantitative estimate of drug-likeness (QED) is 0.240. The summed E-state index contributed by atoms with van der Waals surface area (Å²) < 4.78 is 20.7. The number of hydrogen-bond donors (Lipinski definition) is 0. The highest BCUT2D eigenvalue weighted by atomic mass is 16.5. The summed E-state index contributed by atoms with van der Waals surface area (Å²) in [7, 11) is 5.15. The van der Waals surface area contributed by atoms with Crippen molar-refractivity contribution in [2.45, 2.75) is 44.9 Å². The Morgan fingerprint density at radius 3 is 2.56 bits per heavy atom. The number of rotatable bonds is 7. The van der Waals surface area contributed by atoms with E-state index >= 15 is 0 Å². The highest BCUT2D eigenvalue weighted by molar-refractivity contribution is 5.92. The molecule has 0 aliphatic carbocycles. The van der Waals surface area contributed by atoms with Crippen LogP contribution in [-0.2, 0) is 21.3 Å². The summed E-state index contributed by atoms with van der Waals surface area (Å²) in [6, 6.07) is 6.18. The van der Waals surface area contributed by atoms with Crippen LogP contribution >= 0.6 is 0 Å². The number of carbonyl (C=O) groups is 1. The van der Waals surface area contributed by atoms with Gasteiger partial charge in [-0.3, -0.25) is 19.7 Å². The van der Waals surface area contributed by atoms with Gasteiger partial charge in [-0.15, -0.1) is 0 Å². The average Bonchev–Trinajstić information content (AvgIpc) is 3.91. The summed E-state index contributed by atoms with van der Waals surface area (Å²) in [5, 5.41) is 5.79. The number of aromatic nitrogens is 7. The molecule has 3 aliphatic rings. The topological polar surface area (TPSA) is 129 Å². The molecule has 0 unspecified atom stereocenters. The molecule has 8 heterocycles. The van der Waals surface area contributed by atoms with Crippen molar-refractivity contribution in [1.82, 2.24) is 39.2 Å². The molecule has 3 aliphatic heterocycles. The summed E-state index contributed by atoms with van der Waals surface area (Å²) in [4.78, 5) is 39.1. The van der Waals surface area contributed by atoms with E-state index in [4.69, 9.17) is 34.3 Å². The normalized spacial score (nSPS) is 20.0. The average molecular weight is 653 g/mol. The zero-order valence-corrected chi connectivity index (χ0v) is 28.2. The highest BCUT2D eigenvalue weighted by Gasteiger charge is 2.42. The smallest absolute Gasteiger partial charge is 0.325 e. The monoisotopic (exact) mass is 652 g/mol. The van der Waals surface area contributed by atoms with Crippen LogP contribution in [0.1, 0.15) is 26.0 Å². The number of esters is 1. The zero-order chi connectivity index (χ0) is 33.3. The lowest BCUT2D eigenvalue weighted by Gasteiger charge is -2.42. The molecule has 5 aromatic heterocycles. The Hall–Kier alpha value is -4.82. The van der Waals surface area contributed by atoms with Crippen LogP contribution in [0.15, 0.2) is 36.8 Å². The van der Waals surface area contributed by atoms with Gasteiger partial charge in [0, 0.05) is 69.3 Å². The molecule has 14 nitrogen and oxygen atoms in total. The predicted octanol–water partition coefficient (Wildman–Crippen LogP) is 3.13. The Bertz CT molecular complexity index is 2050. The van der Waals surface area contributed by atoms with E-state index in [9.17, 15) is 4.79 Å². The van der Waals surface area contributed by atoms with Gasteiger partial charge in [0.25, 0.3) is 0 Å². The van der Waals surface area contributed by atoms with Gasteiger partial charge in [0.1, 0.15) is 16.8 Å². The van der Waals surface area contributed by atoms with Crippen LogP contribution in [0, 0.1) is 6.92 Å². The molecule has 0 spiro atoms. The van der Waals surface area contributed by atoms with Crippen molar-refractivity contribution in [2.75, 3.05) is 63.4 Å². The van der Waals surface area contributed by atoms with Gasteiger partial charge >= 0.3 is 5.97 Å². The van der Waals surface area contributed by atoms with Crippen LogP contribution in [0.5, 0.6) is 5.75 Å². The fraction of sp³-hybridized carbons (Fsp3) is 0.471. The molecular weight excluding hydrogens is 612 g/mol. The van der Waals surface area contributed by atoms with Gasteiger partial charge in [-0.1, -0.05) is 0 Å². The van der Waals surface area contributed by atoms with Crippen molar-refractivity contribution >= 4 is 39.7 Å². The van der Waals surface area contributed by atoms with E-state index in [1.165, 1.54) is 7.11 Å². The number of methoxy groups -OCH3 is 2. The van der Waals surface area contributed by atoms with Crippen LogP contribution in [-0.4, -0.2) is 116 Å². The fourth-order valence-corrected chi connectivity index (χ4v) is 7.49. The van der Waals surface area contributed by atoms with E-state index in [0.717, 1.165) is 76.7 Å². The zero-order valence-electron chi connectivity index (χ0n) is 28.2. The molecule has 0 saturated carbocycles. The van der Waals surface area contributed by atoms with E-state index in [0.29, 0.717) is 31.3 Å². The van der Waals surface area contributed by atoms with E-state index in [2.05, 4.69) is 37.4 Å². The SMILES string of the molecule is COC(=O)C(C)(C)N1CCN(c2nc3c(N4C[C@H]5C[C@@H]4CO5)nc(-n4ncc5c(C)nc(-c6cnccc6OC)cc54)cc3n2C)CC1. The molecular formula is C34H40N10O4. The fourth-order valence-electron chi connectivity index (χ4n) is 7.49. The van der Waals surface area contributed by atoms with Gasteiger partial charge in [0.2, 0.25) is 5.95 Å². The van der Waals surface area contributed by atoms with Crippen molar-refractivity contribution in [3.63, 3.8) is 0 Å². The number of morpholine rings is 1. The summed E-state index contributed by atoms with van der Waals surface area (Å²) >= 11 is 0. The van der Waals surface area contributed by atoms with Gasteiger partial charge in [0.15, 0.2) is 11.6 Å².